The van der Waals surface area contributed by atoms with E-state index in [-0.39, 0.29) is 22.3 Å². The SMILES string of the molecule is CCN(CC)S(=O)(=O)c1cccc(C(=O)N[C@H](C(=O)Nc2nc(C)c(C)s2)C(C)C)c1. The molecule has 0 radical (unpaired) electrons. The fraction of sp³-hybridized carbons (Fsp3) is 0.476. The Balaban J connectivity index is 2.22. The molecule has 0 bridgehead atoms. The first kappa shape index (κ1) is 25.0. The van der Waals surface area contributed by atoms with Crippen molar-refractivity contribution in [1.82, 2.24) is 14.6 Å². The van der Waals surface area contributed by atoms with Crippen LogP contribution in [0.15, 0.2) is 29.2 Å². The average Bonchev–Trinajstić information content (AvgIpc) is 3.03. The van der Waals surface area contributed by atoms with E-state index < -0.39 is 22.0 Å². The van der Waals surface area contributed by atoms with E-state index in [0.29, 0.717) is 18.2 Å². The van der Waals surface area contributed by atoms with Crippen LogP contribution in [-0.2, 0) is 14.8 Å². The van der Waals surface area contributed by atoms with Crippen molar-refractivity contribution in [2.75, 3.05) is 18.4 Å². The van der Waals surface area contributed by atoms with E-state index in [9.17, 15) is 18.0 Å². The minimum atomic E-state index is -3.69. The molecule has 0 saturated carbocycles. The number of hydrogen-bond acceptors (Lipinski definition) is 6. The maximum Gasteiger partial charge on any atom is 0.251 e. The van der Waals surface area contributed by atoms with Crippen molar-refractivity contribution in [3.8, 4) is 0 Å². The van der Waals surface area contributed by atoms with Gasteiger partial charge in [-0.05, 0) is 38.0 Å². The molecule has 2 N–H and O–H groups in total. The molecule has 1 heterocycles. The molecule has 2 rings (SSSR count). The Morgan fingerprint density at radius 3 is 2.32 bits per heavy atom. The van der Waals surface area contributed by atoms with Crippen LogP contribution in [0, 0.1) is 19.8 Å². The lowest BCUT2D eigenvalue weighted by Gasteiger charge is -2.22. The van der Waals surface area contributed by atoms with E-state index in [2.05, 4.69) is 15.6 Å². The molecule has 0 fully saturated rings. The van der Waals surface area contributed by atoms with Gasteiger partial charge in [0.15, 0.2) is 5.13 Å². The van der Waals surface area contributed by atoms with Gasteiger partial charge >= 0.3 is 0 Å². The van der Waals surface area contributed by atoms with E-state index in [1.807, 2.05) is 27.7 Å². The van der Waals surface area contributed by atoms with Crippen molar-refractivity contribution in [2.45, 2.75) is 52.5 Å². The van der Waals surface area contributed by atoms with Crippen LogP contribution in [0.2, 0.25) is 0 Å². The quantitative estimate of drug-likeness (QED) is 0.590. The number of carbonyl (C=O) groups excluding carboxylic acids is 2. The Hall–Kier alpha value is -2.30. The van der Waals surface area contributed by atoms with Gasteiger partial charge in [-0.3, -0.25) is 9.59 Å². The molecule has 31 heavy (non-hydrogen) atoms. The summed E-state index contributed by atoms with van der Waals surface area (Å²) in [7, 11) is -3.69. The summed E-state index contributed by atoms with van der Waals surface area (Å²) in [4.78, 5) is 31.0. The summed E-state index contributed by atoms with van der Waals surface area (Å²) in [5.74, 6) is -1.07. The number of amides is 2. The highest BCUT2D eigenvalue weighted by molar-refractivity contribution is 7.89. The number of nitrogens with one attached hydrogen (secondary N) is 2. The van der Waals surface area contributed by atoms with Gasteiger partial charge in [-0.25, -0.2) is 13.4 Å². The molecule has 1 atom stereocenters. The topological polar surface area (TPSA) is 108 Å². The van der Waals surface area contributed by atoms with Gasteiger partial charge in [-0.1, -0.05) is 33.8 Å². The fourth-order valence-electron chi connectivity index (χ4n) is 2.98. The molecule has 0 aliphatic carbocycles. The van der Waals surface area contributed by atoms with Crippen molar-refractivity contribution in [1.29, 1.82) is 0 Å². The van der Waals surface area contributed by atoms with Crippen LogP contribution in [-0.4, -0.2) is 48.7 Å². The summed E-state index contributed by atoms with van der Waals surface area (Å²) >= 11 is 1.37. The minimum absolute atomic E-state index is 0.0446. The van der Waals surface area contributed by atoms with Gasteiger partial charge < -0.3 is 10.6 Å². The molecule has 1 aromatic carbocycles. The highest BCUT2D eigenvalue weighted by atomic mass is 32.2. The predicted molar refractivity (Wildman–Crippen MR) is 123 cm³/mol. The predicted octanol–water partition coefficient (Wildman–Crippen LogP) is 3.18. The number of anilines is 1. The first-order valence-electron chi connectivity index (χ1n) is 10.2. The summed E-state index contributed by atoms with van der Waals surface area (Å²) < 4.78 is 26.9. The minimum Gasteiger partial charge on any atom is -0.340 e. The Labute approximate surface area is 188 Å². The Morgan fingerprint density at radius 1 is 1.16 bits per heavy atom. The monoisotopic (exact) mass is 466 g/mol. The van der Waals surface area contributed by atoms with Crippen molar-refractivity contribution in [3.05, 3.63) is 40.4 Å². The van der Waals surface area contributed by atoms with Crippen LogP contribution >= 0.6 is 11.3 Å². The van der Waals surface area contributed by atoms with Gasteiger partial charge in [0.1, 0.15) is 6.04 Å². The largest absolute Gasteiger partial charge is 0.340 e. The number of rotatable bonds is 9. The Morgan fingerprint density at radius 2 is 1.81 bits per heavy atom. The van der Waals surface area contributed by atoms with E-state index >= 15 is 0 Å². The second kappa shape index (κ2) is 10.3. The zero-order chi connectivity index (χ0) is 23.3. The second-order valence-electron chi connectivity index (χ2n) is 7.46. The fourth-order valence-corrected chi connectivity index (χ4v) is 5.30. The summed E-state index contributed by atoms with van der Waals surface area (Å²) in [6.45, 7) is 11.6. The van der Waals surface area contributed by atoms with Crippen LogP contribution in [0.5, 0.6) is 0 Å². The molecule has 0 aliphatic rings. The van der Waals surface area contributed by atoms with E-state index in [0.717, 1.165) is 10.6 Å². The van der Waals surface area contributed by atoms with Crippen molar-refractivity contribution in [3.63, 3.8) is 0 Å². The number of aromatic nitrogens is 1. The number of nitrogens with zero attached hydrogens (tertiary/aromatic N) is 2. The third-order valence-corrected chi connectivity index (χ3v) is 7.97. The van der Waals surface area contributed by atoms with E-state index in [1.54, 1.807) is 13.8 Å². The van der Waals surface area contributed by atoms with E-state index in [4.69, 9.17) is 0 Å². The van der Waals surface area contributed by atoms with E-state index in [1.165, 1.54) is 39.9 Å². The zero-order valence-corrected chi connectivity index (χ0v) is 20.4. The number of sulfonamides is 1. The van der Waals surface area contributed by atoms with Crippen LogP contribution in [0.3, 0.4) is 0 Å². The van der Waals surface area contributed by atoms with Gasteiger partial charge in [0, 0.05) is 23.5 Å². The first-order chi connectivity index (χ1) is 14.5. The van der Waals surface area contributed by atoms with Crippen LogP contribution in [0.4, 0.5) is 5.13 Å². The summed E-state index contributed by atoms with van der Waals surface area (Å²) in [6, 6.07) is 5.05. The van der Waals surface area contributed by atoms with Crippen molar-refractivity contribution < 1.29 is 18.0 Å². The molecule has 0 saturated heterocycles. The lowest BCUT2D eigenvalue weighted by Crippen LogP contribution is -2.47. The molecule has 170 valence electrons. The third kappa shape index (κ3) is 5.90. The van der Waals surface area contributed by atoms with Gasteiger partial charge in [0.25, 0.3) is 5.91 Å². The molecule has 1 aromatic heterocycles. The highest BCUT2D eigenvalue weighted by Crippen LogP contribution is 2.22. The van der Waals surface area contributed by atoms with Gasteiger partial charge in [-0.2, -0.15) is 4.31 Å². The third-order valence-electron chi connectivity index (χ3n) is 4.93. The molecular weight excluding hydrogens is 436 g/mol. The molecule has 2 amide bonds. The average molecular weight is 467 g/mol. The molecule has 0 aliphatic heterocycles. The van der Waals surface area contributed by atoms with Gasteiger partial charge in [-0.15, -0.1) is 11.3 Å². The second-order valence-corrected chi connectivity index (χ2v) is 10.6. The normalized spacial score (nSPS) is 12.8. The highest BCUT2D eigenvalue weighted by Gasteiger charge is 2.27. The van der Waals surface area contributed by atoms with Crippen LogP contribution in [0.1, 0.15) is 48.6 Å². The lowest BCUT2D eigenvalue weighted by atomic mass is 10.0. The molecule has 0 unspecified atom stereocenters. The molecule has 0 spiro atoms. The smallest absolute Gasteiger partial charge is 0.251 e. The van der Waals surface area contributed by atoms with Gasteiger partial charge in [0.2, 0.25) is 15.9 Å². The van der Waals surface area contributed by atoms with Crippen molar-refractivity contribution >= 4 is 38.3 Å². The molecule has 8 nitrogen and oxygen atoms in total. The zero-order valence-electron chi connectivity index (χ0n) is 18.7. The Bertz CT molecular complexity index is 1020. The Kier molecular flexibility index (Phi) is 8.33. The number of aryl methyl sites for hydroxylation is 2. The molecular formula is C21H30N4O4S2. The lowest BCUT2D eigenvalue weighted by molar-refractivity contribution is -0.118. The van der Waals surface area contributed by atoms with Crippen LogP contribution in [0.25, 0.3) is 0 Å². The summed E-state index contributed by atoms with van der Waals surface area (Å²) in [5.41, 5.74) is 1.02. The standard InChI is InChI=1S/C21H30N4O4S2/c1-7-25(8-2)31(28,29)17-11-9-10-16(12-17)19(26)23-18(13(3)4)20(27)24-21-22-14(5)15(6)30-21/h9-13,18H,7-8H2,1-6H3,(H,23,26)(H,22,24,27)/t18-/m0/s1. The maximum absolute atomic E-state index is 12.9. The molecule has 2 aromatic rings. The van der Waals surface area contributed by atoms with Crippen LogP contribution < -0.4 is 10.6 Å². The summed E-state index contributed by atoms with van der Waals surface area (Å²) in [6.07, 6.45) is 0. The number of carbonyl (C=O) groups is 2. The molecule has 10 heteroatoms. The summed E-state index contributed by atoms with van der Waals surface area (Å²) in [5, 5.41) is 5.97. The number of benzene rings is 1. The van der Waals surface area contributed by atoms with Gasteiger partial charge in [0.05, 0.1) is 10.6 Å². The first-order valence-corrected chi connectivity index (χ1v) is 12.4. The number of hydrogen-bond donors (Lipinski definition) is 2. The van der Waals surface area contributed by atoms with Crippen molar-refractivity contribution in [2.24, 2.45) is 5.92 Å². The maximum atomic E-state index is 12.9. The number of thiazole rings is 1.